The SMILES string of the molecule is Cc1cc(N2C(=O)c3cccc(N)c3C2=O)ccn1. The van der Waals surface area contributed by atoms with Crippen molar-refractivity contribution in [1.82, 2.24) is 4.98 Å². The minimum atomic E-state index is -0.385. The molecule has 0 spiro atoms. The minimum Gasteiger partial charge on any atom is -0.398 e. The second-order valence-electron chi connectivity index (χ2n) is 4.37. The van der Waals surface area contributed by atoms with Crippen molar-refractivity contribution in [1.29, 1.82) is 0 Å². The van der Waals surface area contributed by atoms with Crippen LogP contribution in [0.4, 0.5) is 11.4 Å². The first-order valence-corrected chi connectivity index (χ1v) is 5.79. The van der Waals surface area contributed by atoms with E-state index in [4.69, 9.17) is 5.73 Å². The number of fused-ring (bicyclic) bond motifs is 1. The van der Waals surface area contributed by atoms with Crippen molar-refractivity contribution < 1.29 is 9.59 Å². The van der Waals surface area contributed by atoms with Crippen molar-refractivity contribution in [3.8, 4) is 0 Å². The molecule has 0 bridgehead atoms. The van der Waals surface area contributed by atoms with E-state index in [0.717, 1.165) is 10.6 Å². The van der Waals surface area contributed by atoms with Gasteiger partial charge in [-0.1, -0.05) is 6.07 Å². The zero-order valence-corrected chi connectivity index (χ0v) is 10.3. The predicted molar refractivity (Wildman–Crippen MR) is 71.0 cm³/mol. The third-order valence-electron chi connectivity index (χ3n) is 3.09. The molecule has 1 aromatic heterocycles. The summed E-state index contributed by atoms with van der Waals surface area (Å²) in [5.41, 5.74) is 7.98. The molecule has 0 unspecified atom stereocenters. The van der Waals surface area contributed by atoms with Crippen molar-refractivity contribution in [3.05, 3.63) is 53.3 Å². The molecule has 0 aliphatic carbocycles. The molecule has 1 aromatic carbocycles. The van der Waals surface area contributed by atoms with Crippen molar-refractivity contribution in [2.24, 2.45) is 0 Å². The number of carbonyl (C=O) groups excluding carboxylic acids is 2. The van der Waals surface area contributed by atoms with E-state index in [9.17, 15) is 9.59 Å². The highest BCUT2D eigenvalue weighted by atomic mass is 16.2. The maximum absolute atomic E-state index is 12.3. The van der Waals surface area contributed by atoms with Gasteiger partial charge in [0.15, 0.2) is 0 Å². The number of nitrogens with two attached hydrogens (primary N) is 1. The summed E-state index contributed by atoms with van der Waals surface area (Å²) in [6.45, 7) is 1.80. The molecule has 2 N–H and O–H groups in total. The summed E-state index contributed by atoms with van der Waals surface area (Å²) in [4.78, 5) is 29.8. The van der Waals surface area contributed by atoms with Gasteiger partial charge in [-0.15, -0.1) is 0 Å². The van der Waals surface area contributed by atoms with Gasteiger partial charge in [0.2, 0.25) is 0 Å². The molecule has 2 heterocycles. The zero-order chi connectivity index (χ0) is 13.6. The van der Waals surface area contributed by atoms with Gasteiger partial charge in [-0.3, -0.25) is 14.6 Å². The topological polar surface area (TPSA) is 76.3 Å². The first-order valence-electron chi connectivity index (χ1n) is 5.79. The van der Waals surface area contributed by atoms with Crippen LogP contribution in [0.15, 0.2) is 36.5 Å². The lowest BCUT2D eigenvalue weighted by Crippen LogP contribution is -2.29. The maximum Gasteiger partial charge on any atom is 0.268 e. The molecule has 0 saturated carbocycles. The van der Waals surface area contributed by atoms with Crippen LogP contribution in [0.3, 0.4) is 0 Å². The fourth-order valence-electron chi connectivity index (χ4n) is 2.22. The number of aryl methyl sites for hydroxylation is 1. The zero-order valence-electron chi connectivity index (χ0n) is 10.3. The lowest BCUT2D eigenvalue weighted by Gasteiger charge is -2.13. The number of hydrogen-bond acceptors (Lipinski definition) is 4. The number of nitrogens with zero attached hydrogens (tertiary/aromatic N) is 2. The second kappa shape index (κ2) is 3.91. The van der Waals surface area contributed by atoms with Crippen molar-refractivity contribution in [2.75, 3.05) is 10.6 Å². The van der Waals surface area contributed by atoms with Gasteiger partial charge in [0.25, 0.3) is 11.8 Å². The minimum absolute atomic E-state index is 0.280. The molecule has 0 atom stereocenters. The van der Waals surface area contributed by atoms with Gasteiger partial charge in [0.05, 0.1) is 16.8 Å². The van der Waals surface area contributed by atoms with Gasteiger partial charge in [0.1, 0.15) is 0 Å². The number of carbonyl (C=O) groups is 2. The number of hydrogen-bond donors (Lipinski definition) is 1. The Kier molecular flexibility index (Phi) is 2.35. The molecule has 0 fully saturated rings. The molecule has 1 aliphatic rings. The van der Waals surface area contributed by atoms with Gasteiger partial charge in [-0.2, -0.15) is 0 Å². The Labute approximate surface area is 109 Å². The van der Waals surface area contributed by atoms with E-state index in [1.165, 1.54) is 0 Å². The van der Waals surface area contributed by atoms with E-state index in [1.807, 2.05) is 0 Å². The van der Waals surface area contributed by atoms with Crippen LogP contribution in [-0.2, 0) is 0 Å². The first kappa shape index (κ1) is 11.4. The first-order chi connectivity index (χ1) is 9.09. The van der Waals surface area contributed by atoms with E-state index in [2.05, 4.69) is 4.98 Å². The summed E-state index contributed by atoms with van der Waals surface area (Å²) < 4.78 is 0. The van der Waals surface area contributed by atoms with Gasteiger partial charge in [-0.05, 0) is 31.2 Å². The van der Waals surface area contributed by atoms with Gasteiger partial charge < -0.3 is 5.73 Å². The Balaban J connectivity index is 2.16. The quantitative estimate of drug-likeness (QED) is 0.620. The smallest absolute Gasteiger partial charge is 0.268 e. The van der Waals surface area contributed by atoms with Crippen LogP contribution in [0.5, 0.6) is 0 Å². The molecule has 3 rings (SSSR count). The van der Waals surface area contributed by atoms with E-state index in [-0.39, 0.29) is 17.4 Å². The number of anilines is 2. The summed E-state index contributed by atoms with van der Waals surface area (Å²) in [5.74, 6) is -0.735. The number of aromatic nitrogens is 1. The highest BCUT2D eigenvalue weighted by Crippen LogP contribution is 2.31. The number of imide groups is 1. The van der Waals surface area contributed by atoms with Crippen LogP contribution in [0.1, 0.15) is 26.4 Å². The van der Waals surface area contributed by atoms with Crippen molar-refractivity contribution >= 4 is 23.2 Å². The summed E-state index contributed by atoms with van der Waals surface area (Å²) in [6, 6.07) is 8.22. The average molecular weight is 253 g/mol. The van der Waals surface area contributed by atoms with Crippen LogP contribution >= 0.6 is 0 Å². The van der Waals surface area contributed by atoms with Crippen LogP contribution < -0.4 is 10.6 Å². The summed E-state index contributed by atoms with van der Waals surface area (Å²) in [5, 5.41) is 0. The Hall–Kier alpha value is -2.69. The fraction of sp³-hybridized carbons (Fsp3) is 0.0714. The van der Waals surface area contributed by atoms with Crippen molar-refractivity contribution in [2.45, 2.75) is 6.92 Å². The fourth-order valence-corrected chi connectivity index (χ4v) is 2.22. The highest BCUT2D eigenvalue weighted by Gasteiger charge is 2.38. The molecule has 2 amide bonds. The Morgan fingerprint density at radius 2 is 1.95 bits per heavy atom. The van der Waals surface area contributed by atoms with Crippen LogP contribution in [0, 0.1) is 6.92 Å². The van der Waals surface area contributed by atoms with Gasteiger partial charge in [-0.25, -0.2) is 4.90 Å². The molecular formula is C14H11N3O2. The summed E-state index contributed by atoms with van der Waals surface area (Å²) >= 11 is 0. The predicted octanol–water partition coefficient (Wildman–Crippen LogP) is 1.77. The van der Waals surface area contributed by atoms with Gasteiger partial charge in [0, 0.05) is 17.6 Å². The summed E-state index contributed by atoms with van der Waals surface area (Å²) in [6.07, 6.45) is 1.57. The van der Waals surface area contributed by atoms with Crippen LogP contribution in [0.25, 0.3) is 0 Å². The van der Waals surface area contributed by atoms with E-state index in [1.54, 1.807) is 43.5 Å². The molecule has 5 heteroatoms. The Morgan fingerprint density at radius 1 is 1.16 bits per heavy atom. The molecule has 19 heavy (non-hydrogen) atoms. The van der Waals surface area contributed by atoms with E-state index in [0.29, 0.717) is 16.9 Å². The number of pyridine rings is 1. The molecule has 1 aliphatic heterocycles. The third-order valence-corrected chi connectivity index (χ3v) is 3.09. The van der Waals surface area contributed by atoms with Crippen LogP contribution in [0.2, 0.25) is 0 Å². The molecule has 0 radical (unpaired) electrons. The normalized spacial score (nSPS) is 13.8. The van der Waals surface area contributed by atoms with Crippen LogP contribution in [-0.4, -0.2) is 16.8 Å². The lowest BCUT2D eigenvalue weighted by molar-refractivity contribution is 0.0926. The van der Waals surface area contributed by atoms with Gasteiger partial charge >= 0.3 is 0 Å². The Morgan fingerprint density at radius 3 is 2.63 bits per heavy atom. The van der Waals surface area contributed by atoms with E-state index >= 15 is 0 Å². The molecule has 94 valence electrons. The number of benzene rings is 1. The lowest BCUT2D eigenvalue weighted by atomic mass is 10.1. The second-order valence-corrected chi connectivity index (χ2v) is 4.37. The number of amides is 2. The standard InChI is InChI=1S/C14H11N3O2/c1-8-7-9(5-6-16-8)17-13(18)10-3-2-4-11(15)12(10)14(17)19/h2-7H,15H2,1H3. The molecule has 5 nitrogen and oxygen atoms in total. The highest BCUT2D eigenvalue weighted by molar-refractivity contribution is 6.35. The monoisotopic (exact) mass is 253 g/mol. The number of rotatable bonds is 1. The molecular weight excluding hydrogens is 242 g/mol. The van der Waals surface area contributed by atoms with E-state index < -0.39 is 0 Å². The van der Waals surface area contributed by atoms with Crippen molar-refractivity contribution in [3.63, 3.8) is 0 Å². The molecule has 2 aromatic rings. The maximum atomic E-state index is 12.3. The molecule has 0 saturated heterocycles. The average Bonchev–Trinajstić information content (AvgIpc) is 2.63. The Bertz CT molecular complexity index is 710. The largest absolute Gasteiger partial charge is 0.398 e. The number of nitrogen functional groups attached to an aromatic ring is 1. The third kappa shape index (κ3) is 1.59. The summed E-state index contributed by atoms with van der Waals surface area (Å²) in [7, 11) is 0.